The van der Waals surface area contributed by atoms with Crippen molar-refractivity contribution in [1.29, 1.82) is 0 Å². The van der Waals surface area contributed by atoms with Crippen molar-refractivity contribution in [1.82, 2.24) is 15.5 Å². The van der Waals surface area contributed by atoms with E-state index in [1.165, 1.54) is 4.90 Å². The third-order valence-electron chi connectivity index (χ3n) is 6.23. The van der Waals surface area contributed by atoms with Crippen molar-refractivity contribution in [3.8, 4) is 0 Å². The summed E-state index contributed by atoms with van der Waals surface area (Å²) in [5.74, 6) is -0.918. The van der Waals surface area contributed by atoms with Gasteiger partial charge in [-0.3, -0.25) is 24.5 Å². The Morgan fingerprint density at radius 2 is 1.89 bits per heavy atom. The number of ketones is 1. The largest absolute Gasteiger partial charge is 0.379 e. The fourth-order valence-corrected chi connectivity index (χ4v) is 4.28. The van der Waals surface area contributed by atoms with Crippen LogP contribution in [-0.4, -0.2) is 73.4 Å². The molecule has 0 saturated carbocycles. The number of carbonyl (C=O) groups excluding carboxylic acids is 5. The smallest absolute Gasteiger partial charge is 0.319 e. The lowest BCUT2D eigenvalue weighted by atomic mass is 10.0. The van der Waals surface area contributed by atoms with Crippen LogP contribution in [0.25, 0.3) is 0 Å². The maximum absolute atomic E-state index is 12.9. The zero-order valence-electron chi connectivity index (χ0n) is 21.8. The van der Waals surface area contributed by atoms with E-state index >= 15 is 0 Å². The molecule has 0 aromatic heterocycles. The molecule has 1 aromatic carbocycles. The molecule has 1 unspecified atom stereocenters. The highest BCUT2D eigenvalue weighted by Gasteiger charge is 2.39. The number of anilines is 1. The highest BCUT2D eigenvalue weighted by molar-refractivity contribution is 6.06. The number of nitrogens with one attached hydrogen (secondary N) is 3. The molecule has 11 nitrogen and oxygen atoms in total. The summed E-state index contributed by atoms with van der Waals surface area (Å²) in [6.45, 7) is 4.06. The summed E-state index contributed by atoms with van der Waals surface area (Å²) < 4.78 is 10.9. The van der Waals surface area contributed by atoms with Crippen LogP contribution in [0.15, 0.2) is 30.4 Å². The molecule has 0 radical (unpaired) electrons. The summed E-state index contributed by atoms with van der Waals surface area (Å²) >= 11 is 0. The molecule has 5 amide bonds. The maximum atomic E-state index is 12.9. The number of rotatable bonds is 15. The molecule has 1 fully saturated rings. The van der Waals surface area contributed by atoms with E-state index in [0.717, 1.165) is 6.42 Å². The van der Waals surface area contributed by atoms with Crippen LogP contribution in [0.5, 0.6) is 0 Å². The number of carbonyl (C=O) groups is 5. The number of hydrogen-bond acceptors (Lipinski definition) is 7. The van der Waals surface area contributed by atoms with Gasteiger partial charge in [0.1, 0.15) is 11.8 Å². The van der Waals surface area contributed by atoms with Gasteiger partial charge < -0.3 is 25.0 Å². The van der Waals surface area contributed by atoms with Gasteiger partial charge in [0, 0.05) is 55.8 Å². The van der Waals surface area contributed by atoms with Crippen molar-refractivity contribution in [2.24, 2.45) is 0 Å². The van der Waals surface area contributed by atoms with Crippen molar-refractivity contribution >= 4 is 35.2 Å². The molecule has 1 aromatic rings. The number of benzene rings is 1. The quantitative estimate of drug-likeness (QED) is 0.180. The Morgan fingerprint density at radius 1 is 1.11 bits per heavy atom. The molecule has 0 aliphatic carbocycles. The summed E-state index contributed by atoms with van der Waals surface area (Å²) in [7, 11) is 0. The van der Waals surface area contributed by atoms with E-state index in [9.17, 15) is 24.0 Å². The number of Topliss-reactive ketones (excluding diaryl/α,β-unsaturated/α-hetero) is 1. The van der Waals surface area contributed by atoms with Gasteiger partial charge in [-0.25, -0.2) is 4.79 Å². The van der Waals surface area contributed by atoms with Gasteiger partial charge in [0.05, 0.1) is 19.8 Å². The lowest BCUT2D eigenvalue weighted by Crippen LogP contribution is -2.52. The van der Waals surface area contributed by atoms with E-state index in [4.69, 9.17) is 9.47 Å². The van der Waals surface area contributed by atoms with Gasteiger partial charge in [0.15, 0.2) is 0 Å². The minimum Gasteiger partial charge on any atom is -0.379 e. The molecular weight excluding hydrogens is 492 g/mol. The van der Waals surface area contributed by atoms with Gasteiger partial charge in [0.2, 0.25) is 11.8 Å². The third kappa shape index (κ3) is 8.49. The highest BCUT2D eigenvalue weighted by Crippen LogP contribution is 2.32. The summed E-state index contributed by atoms with van der Waals surface area (Å²) in [5.41, 5.74) is 1.54. The number of allylic oxidation sites excluding steroid dienone is 2. The second kappa shape index (κ2) is 15.0. The van der Waals surface area contributed by atoms with Crippen LogP contribution in [0.3, 0.4) is 0 Å². The zero-order chi connectivity index (χ0) is 27.3. The first kappa shape index (κ1) is 29.0. The molecule has 11 heteroatoms. The minimum absolute atomic E-state index is 0.171. The zero-order valence-corrected chi connectivity index (χ0v) is 21.8. The van der Waals surface area contributed by atoms with Gasteiger partial charge >= 0.3 is 6.03 Å². The van der Waals surface area contributed by atoms with Crippen LogP contribution < -0.4 is 16.0 Å². The summed E-state index contributed by atoms with van der Waals surface area (Å²) in [5, 5.41) is 7.74. The van der Waals surface area contributed by atoms with Gasteiger partial charge in [-0.05, 0) is 31.4 Å². The predicted molar refractivity (Wildman–Crippen MR) is 139 cm³/mol. The van der Waals surface area contributed by atoms with Crippen molar-refractivity contribution < 1.29 is 33.4 Å². The topological polar surface area (TPSA) is 143 Å². The van der Waals surface area contributed by atoms with E-state index in [-0.39, 0.29) is 43.5 Å². The molecule has 2 heterocycles. The van der Waals surface area contributed by atoms with Crippen LogP contribution in [-0.2, 0) is 30.4 Å². The number of piperidine rings is 1. The van der Waals surface area contributed by atoms with Crippen molar-refractivity contribution in [3.63, 3.8) is 0 Å². The molecule has 206 valence electrons. The second-order valence-electron chi connectivity index (χ2n) is 9.06. The molecule has 0 bridgehead atoms. The number of urea groups is 1. The number of amides is 5. The average molecular weight is 529 g/mol. The number of nitrogens with zero attached hydrogens (tertiary/aromatic N) is 1. The van der Waals surface area contributed by atoms with Crippen LogP contribution in [0.2, 0.25) is 0 Å². The van der Waals surface area contributed by atoms with Crippen LogP contribution in [0.4, 0.5) is 10.5 Å². The van der Waals surface area contributed by atoms with E-state index < -0.39 is 18.0 Å². The van der Waals surface area contributed by atoms with E-state index in [1.807, 2.05) is 19.1 Å². The van der Waals surface area contributed by atoms with Gasteiger partial charge in [-0.15, -0.1) is 0 Å². The average Bonchev–Trinajstić information content (AvgIpc) is 3.22. The molecule has 0 spiro atoms. The van der Waals surface area contributed by atoms with Crippen LogP contribution in [0, 0.1) is 0 Å². The fourth-order valence-electron chi connectivity index (χ4n) is 4.28. The lowest BCUT2D eigenvalue weighted by molar-refractivity contribution is -0.137. The SMILES string of the molecule is CC/C=C\CC(=O)CCCOCCOCCNC(=O)Nc1cccc2c1CN(C1CCC(=O)NC1=O)C2=O. The van der Waals surface area contributed by atoms with Crippen molar-refractivity contribution in [2.45, 2.75) is 58.0 Å². The van der Waals surface area contributed by atoms with E-state index in [1.54, 1.807) is 18.2 Å². The summed E-state index contributed by atoms with van der Waals surface area (Å²) in [6, 6.07) is 3.87. The van der Waals surface area contributed by atoms with E-state index in [0.29, 0.717) is 62.5 Å². The Labute approximate surface area is 222 Å². The Hall–Kier alpha value is -3.57. The Bertz CT molecular complexity index is 1060. The van der Waals surface area contributed by atoms with E-state index in [2.05, 4.69) is 16.0 Å². The first-order valence-corrected chi connectivity index (χ1v) is 13.0. The van der Waals surface area contributed by atoms with Gasteiger partial charge in [-0.2, -0.15) is 0 Å². The number of ether oxygens (including phenoxy) is 2. The highest BCUT2D eigenvalue weighted by atomic mass is 16.5. The van der Waals surface area contributed by atoms with Crippen molar-refractivity contribution in [2.75, 3.05) is 38.3 Å². The van der Waals surface area contributed by atoms with Crippen LogP contribution >= 0.6 is 0 Å². The monoisotopic (exact) mass is 528 g/mol. The molecule has 3 rings (SSSR count). The normalized spacial score (nSPS) is 17.0. The number of fused-ring (bicyclic) bond motifs is 1. The Kier molecular flexibility index (Phi) is 11.4. The Balaban J connectivity index is 1.31. The minimum atomic E-state index is -0.717. The van der Waals surface area contributed by atoms with Crippen LogP contribution in [0.1, 0.15) is 61.4 Å². The van der Waals surface area contributed by atoms with Crippen molar-refractivity contribution in [3.05, 3.63) is 41.5 Å². The molecule has 2 aliphatic rings. The maximum Gasteiger partial charge on any atom is 0.319 e. The number of hydrogen-bond donors (Lipinski definition) is 3. The van der Waals surface area contributed by atoms with Gasteiger partial charge in [-0.1, -0.05) is 25.1 Å². The summed E-state index contributed by atoms with van der Waals surface area (Å²) in [4.78, 5) is 62.0. The fraction of sp³-hybridized carbons (Fsp3) is 0.519. The second-order valence-corrected chi connectivity index (χ2v) is 9.06. The molecule has 2 aliphatic heterocycles. The summed E-state index contributed by atoms with van der Waals surface area (Å²) in [6.07, 6.45) is 6.92. The molecule has 1 atom stereocenters. The first-order valence-electron chi connectivity index (χ1n) is 13.0. The van der Waals surface area contributed by atoms with Gasteiger partial charge in [0.25, 0.3) is 5.91 Å². The lowest BCUT2D eigenvalue weighted by Gasteiger charge is -2.29. The molecule has 3 N–H and O–H groups in total. The third-order valence-corrected chi connectivity index (χ3v) is 6.23. The standard InChI is InChI=1S/C27H36N4O7/c1-2-3-4-7-19(32)8-6-14-37-16-17-38-15-13-28-27(36)29-22-10-5-9-20-21(22)18-31(26(20)35)23-11-12-24(33)30-25(23)34/h3-5,9-10,23H,2,6-8,11-18H2,1H3,(H2,28,29,36)(H,30,33,34)/b4-3-. The molecule has 38 heavy (non-hydrogen) atoms. The Morgan fingerprint density at radius 3 is 2.66 bits per heavy atom. The first-order chi connectivity index (χ1) is 18.4. The number of imide groups is 1. The predicted octanol–water partition coefficient (Wildman–Crippen LogP) is 2.31. The molecular formula is C27H36N4O7. The molecule has 1 saturated heterocycles.